The molecule has 7 rings (SSSR count). The number of benzene rings is 7. The van der Waals surface area contributed by atoms with Gasteiger partial charge in [-0.05, 0) is 239 Å². The molecule has 0 aliphatic heterocycles. The lowest BCUT2D eigenvalue weighted by molar-refractivity contribution is -0.133. The molecule has 111 heavy (non-hydrogen) atoms. The molecule has 7 N–H and O–H groups in total. The second kappa shape index (κ2) is 33.8. The summed E-state index contributed by atoms with van der Waals surface area (Å²) in [5.41, 5.74) is 24.7. The summed E-state index contributed by atoms with van der Waals surface area (Å²) < 4.78 is 0. The van der Waals surface area contributed by atoms with E-state index in [1.807, 2.05) is 23.9 Å². The van der Waals surface area contributed by atoms with Crippen molar-refractivity contribution >= 4 is 29.5 Å². The number of aromatic hydroxyl groups is 6. The highest BCUT2D eigenvalue weighted by Crippen LogP contribution is 2.49. The van der Waals surface area contributed by atoms with Crippen molar-refractivity contribution in [3.63, 3.8) is 0 Å². The van der Waals surface area contributed by atoms with Gasteiger partial charge in [-0.2, -0.15) is 11.8 Å². The third kappa shape index (κ3) is 24.3. The minimum absolute atomic E-state index is 0.0938. The average molecular weight is 1560 g/mol. The number of carboxylic acid groups (broad SMARTS) is 1. The van der Waals surface area contributed by atoms with Crippen LogP contribution < -0.4 is 0 Å². The molecule has 0 fully saturated rings. The topological polar surface area (TPSA) is 159 Å². The number of thioether (sulfide) groups is 2. The van der Waals surface area contributed by atoms with Crippen molar-refractivity contribution in [2.24, 2.45) is 0 Å². The summed E-state index contributed by atoms with van der Waals surface area (Å²) in [4.78, 5) is 10.6. The van der Waals surface area contributed by atoms with Gasteiger partial charge in [-0.3, -0.25) is 4.79 Å². The SMILES string of the molecule is CC(C)(C)c1cc(CSCC(=O)O)cc(C(C)(C)C)c1O.CC(C)(C)c1cc(CSCc2cc(C(C)(C)C)c(O)c(C(C)(C)C)c2)cc(C(C)(C)C)c1O.Cc1c(Cc2cc(C(C)(C)C)c(O)c(C(C)(C)C)c2)c(C)c(Cc2cc(C(C)(C)C)c(O)c(C(C)(C)C)c2)c(C)c1Cc1cc(C(C)(C)C)c(O)c(C(C)(C)C)c1. The summed E-state index contributed by atoms with van der Waals surface area (Å²) in [7, 11) is 0. The van der Waals surface area contributed by atoms with Crippen LogP contribution in [0.2, 0.25) is 0 Å². The van der Waals surface area contributed by atoms with E-state index in [4.69, 9.17) is 5.11 Å². The first-order valence-corrected chi connectivity index (χ1v) is 42.7. The first-order valence-electron chi connectivity index (χ1n) is 40.4. The van der Waals surface area contributed by atoms with Crippen LogP contribution in [-0.2, 0) is 106 Å². The Labute approximate surface area is 683 Å². The van der Waals surface area contributed by atoms with Crippen LogP contribution in [-0.4, -0.2) is 47.5 Å². The minimum Gasteiger partial charge on any atom is -0.507 e. The van der Waals surface area contributed by atoms with E-state index in [1.54, 1.807) is 0 Å². The summed E-state index contributed by atoms with van der Waals surface area (Å²) in [6.07, 6.45) is 2.24. The van der Waals surface area contributed by atoms with Crippen molar-refractivity contribution in [1.29, 1.82) is 0 Å². The number of hydrogen-bond donors (Lipinski definition) is 7. The lowest BCUT2D eigenvalue weighted by atomic mass is 9.75. The molecule has 0 spiro atoms. The molecule has 7 aromatic rings. The largest absolute Gasteiger partial charge is 0.507 e. The Morgan fingerprint density at radius 2 is 0.360 bits per heavy atom. The van der Waals surface area contributed by atoms with E-state index in [0.29, 0.717) is 40.2 Å². The Morgan fingerprint density at radius 1 is 0.234 bits per heavy atom. The summed E-state index contributed by atoms with van der Waals surface area (Å²) in [5, 5.41) is 76.2. The van der Waals surface area contributed by atoms with Gasteiger partial charge in [0.1, 0.15) is 34.5 Å². The Kier molecular flexibility index (Phi) is 28.9. The summed E-state index contributed by atoms with van der Waals surface area (Å²) in [6, 6.07) is 26.1. The molecule has 0 aliphatic rings. The first-order chi connectivity index (χ1) is 49.7. The van der Waals surface area contributed by atoms with E-state index in [0.717, 1.165) is 103 Å². The van der Waals surface area contributed by atoms with E-state index in [2.05, 4.69) is 331 Å². The monoisotopic (exact) mass is 1560 g/mol. The third-order valence-electron chi connectivity index (χ3n) is 21.6. The van der Waals surface area contributed by atoms with Crippen molar-refractivity contribution < 1.29 is 40.5 Å². The normalized spacial score (nSPS) is 13.3. The van der Waals surface area contributed by atoms with Gasteiger partial charge in [0.2, 0.25) is 0 Å². The van der Waals surface area contributed by atoms with Crippen molar-refractivity contribution in [3.05, 3.63) is 206 Å². The van der Waals surface area contributed by atoms with E-state index in [9.17, 15) is 35.4 Å². The molecule has 10 heteroatoms. The Balaban J connectivity index is 0.000000341. The van der Waals surface area contributed by atoms with Crippen LogP contribution >= 0.6 is 23.5 Å². The van der Waals surface area contributed by atoms with Crippen LogP contribution in [0.4, 0.5) is 0 Å². The van der Waals surface area contributed by atoms with Crippen molar-refractivity contribution in [3.8, 4) is 34.5 Å². The molecule has 0 atom stereocenters. The molecule has 8 nitrogen and oxygen atoms in total. The number of aliphatic carboxylic acids is 1. The predicted octanol–water partition coefficient (Wildman–Crippen LogP) is 27.3. The van der Waals surface area contributed by atoms with E-state index < -0.39 is 5.97 Å². The van der Waals surface area contributed by atoms with Crippen molar-refractivity contribution in [2.75, 3.05) is 5.75 Å². The molecule has 0 aromatic heterocycles. The van der Waals surface area contributed by atoms with Gasteiger partial charge in [0.05, 0.1) is 5.75 Å². The zero-order valence-corrected chi connectivity index (χ0v) is 78.4. The minimum atomic E-state index is -0.800. The molecule has 0 unspecified atom stereocenters. The molecule has 614 valence electrons. The Bertz CT molecular complexity index is 3930. The van der Waals surface area contributed by atoms with Crippen LogP contribution in [0.1, 0.15) is 383 Å². The highest BCUT2D eigenvalue weighted by Gasteiger charge is 2.35. The maximum Gasteiger partial charge on any atom is 0.313 e. The molecule has 0 saturated heterocycles. The standard InChI is InChI=1S/C54H78O3.C30H46O2S.C17H26O3S/c1-31-37(22-34-25-40(49(4,5)6)46(55)41(26-34)50(7,8)9)32(2)39(24-36-29-44(53(16,17)18)48(57)45(30-36)54(19,20)21)33(3)38(31)23-35-27-42(51(10,11)12)47(56)43(28-35)52(13,14)15;1-27(2,3)21-13-19(14-22(25(21)31)28(4,5)6)17-33-18-20-15-23(29(7,8)9)26(32)24(16-20)30(10,11)12;1-16(2,3)12-7-11(9-21-10-14(18)19)8-13(15(12)20)17(4,5)6/h25-30,55-57H,22-24H2,1-21H3;13-16,31-32H,17-18H2,1-12H3;7-8,20H,9-10H2,1-6H3,(H,18,19). The Hall–Kier alpha value is -6.49. The zero-order valence-electron chi connectivity index (χ0n) is 76.7. The summed E-state index contributed by atoms with van der Waals surface area (Å²) in [6.45, 7) is 84.5. The van der Waals surface area contributed by atoms with Gasteiger partial charge in [-0.25, -0.2) is 0 Å². The molecule has 0 radical (unpaired) electrons. The van der Waals surface area contributed by atoms with Gasteiger partial charge in [0.25, 0.3) is 0 Å². The zero-order chi connectivity index (χ0) is 85.7. The maximum absolute atomic E-state index is 11.6. The third-order valence-corrected chi connectivity index (χ3v) is 23.7. The number of phenolic OH excluding ortho intramolecular Hbond substituents is 6. The fraction of sp³-hybridized carbons (Fsp3) is 0.574. The summed E-state index contributed by atoms with van der Waals surface area (Å²) >= 11 is 3.26. The van der Waals surface area contributed by atoms with Crippen LogP contribution in [0.3, 0.4) is 0 Å². The highest BCUT2D eigenvalue weighted by atomic mass is 32.2. The fourth-order valence-electron chi connectivity index (χ4n) is 14.9. The van der Waals surface area contributed by atoms with E-state index in [-0.39, 0.29) is 70.7 Å². The first kappa shape index (κ1) is 95.1. The van der Waals surface area contributed by atoms with Gasteiger partial charge in [0.15, 0.2) is 0 Å². The predicted molar refractivity (Wildman–Crippen MR) is 481 cm³/mol. The molecule has 0 bridgehead atoms. The van der Waals surface area contributed by atoms with Crippen molar-refractivity contribution in [1.82, 2.24) is 0 Å². The van der Waals surface area contributed by atoms with Gasteiger partial charge in [0, 0.05) is 17.3 Å². The molecule has 0 saturated carbocycles. The van der Waals surface area contributed by atoms with Gasteiger partial charge < -0.3 is 35.7 Å². The molecular formula is C101H150O8S2. The quantitative estimate of drug-likeness (QED) is 0.0559. The number of rotatable bonds is 14. The van der Waals surface area contributed by atoms with E-state index in [1.165, 1.54) is 73.0 Å². The Morgan fingerprint density at radius 3 is 0.486 bits per heavy atom. The second-order valence-electron chi connectivity index (χ2n) is 44.5. The highest BCUT2D eigenvalue weighted by molar-refractivity contribution is 7.99. The molecule has 0 aliphatic carbocycles. The maximum atomic E-state index is 11.6. The summed E-state index contributed by atoms with van der Waals surface area (Å²) in [5.74, 6) is 4.15. The van der Waals surface area contributed by atoms with E-state index >= 15 is 0 Å². The van der Waals surface area contributed by atoms with Crippen molar-refractivity contribution in [2.45, 2.75) is 372 Å². The van der Waals surface area contributed by atoms with Gasteiger partial charge in [-0.15, -0.1) is 11.8 Å². The number of hydrogen-bond acceptors (Lipinski definition) is 9. The lowest BCUT2D eigenvalue weighted by Gasteiger charge is -2.30. The van der Waals surface area contributed by atoms with Crippen LogP contribution in [0.15, 0.2) is 72.8 Å². The number of carboxylic acids is 1. The second-order valence-corrected chi connectivity index (χ2v) is 46.4. The van der Waals surface area contributed by atoms with Crippen LogP contribution in [0.25, 0.3) is 0 Å². The molecule has 0 amide bonds. The number of phenols is 6. The lowest BCUT2D eigenvalue weighted by Crippen LogP contribution is -2.19. The van der Waals surface area contributed by atoms with Gasteiger partial charge in [-0.1, -0.05) is 322 Å². The van der Waals surface area contributed by atoms with Crippen LogP contribution in [0.5, 0.6) is 34.5 Å². The number of carbonyl (C=O) groups is 1. The van der Waals surface area contributed by atoms with Gasteiger partial charge >= 0.3 is 5.97 Å². The smallest absolute Gasteiger partial charge is 0.313 e. The average Bonchev–Trinajstić information content (AvgIpc) is 0.764. The van der Waals surface area contributed by atoms with Crippen LogP contribution in [0, 0.1) is 20.8 Å². The molecule has 7 aromatic carbocycles. The molecule has 0 heterocycles. The fourth-order valence-corrected chi connectivity index (χ4v) is 16.5. The molecular weight excluding hydrogens is 1410 g/mol.